The molecule has 1 aromatic carbocycles. The molecule has 2 rings (SSSR count). The maximum Gasteiger partial charge on any atom is 0.259 e. The van der Waals surface area contributed by atoms with E-state index in [1.54, 1.807) is 32.3 Å². The zero-order valence-electron chi connectivity index (χ0n) is 11.0. The number of nitrogens with zero attached hydrogens (tertiary/aromatic N) is 1. The molecule has 0 aliphatic carbocycles. The van der Waals surface area contributed by atoms with Crippen LogP contribution in [0.4, 0.5) is 0 Å². The summed E-state index contributed by atoms with van der Waals surface area (Å²) in [5.41, 5.74) is 0. The Labute approximate surface area is 120 Å². The van der Waals surface area contributed by atoms with Crippen molar-refractivity contribution in [2.24, 2.45) is 5.14 Å². The van der Waals surface area contributed by atoms with Crippen LogP contribution in [0.5, 0.6) is 5.75 Å². The third-order valence-corrected chi connectivity index (χ3v) is 5.14. The van der Waals surface area contributed by atoms with Gasteiger partial charge < -0.3 is 9.64 Å². The SMILES string of the molecule is CN(C)C(=O)COc1ccc2sc(S(N)(=O)=O)cc2c1. The first kappa shape index (κ1) is 14.8. The molecule has 0 saturated carbocycles. The van der Waals surface area contributed by atoms with Crippen molar-refractivity contribution in [3.63, 3.8) is 0 Å². The molecule has 0 fully saturated rings. The molecule has 2 aromatic rings. The average molecular weight is 314 g/mol. The number of sulfonamides is 1. The molecule has 20 heavy (non-hydrogen) atoms. The Balaban J connectivity index is 2.23. The van der Waals surface area contributed by atoms with E-state index in [0.717, 1.165) is 16.0 Å². The number of nitrogens with two attached hydrogens (primary N) is 1. The highest BCUT2D eigenvalue weighted by Crippen LogP contribution is 2.30. The molecule has 0 unspecified atom stereocenters. The number of primary sulfonamides is 1. The number of hydrogen-bond donors (Lipinski definition) is 1. The predicted octanol–water partition coefficient (Wildman–Crippen LogP) is 1.02. The lowest BCUT2D eigenvalue weighted by Gasteiger charge is -2.11. The standard InChI is InChI=1S/C12H14N2O4S2/c1-14(2)11(15)7-18-9-3-4-10-8(5-9)6-12(19-10)20(13,16)17/h3-6H,7H2,1-2H3,(H2,13,16,17). The Kier molecular flexibility index (Phi) is 3.98. The van der Waals surface area contributed by atoms with Crippen LogP contribution < -0.4 is 9.88 Å². The lowest BCUT2D eigenvalue weighted by Crippen LogP contribution is -2.27. The molecule has 0 aliphatic rings. The Morgan fingerprint density at radius 2 is 2.05 bits per heavy atom. The highest BCUT2D eigenvalue weighted by molar-refractivity contribution is 7.91. The number of carbonyl (C=O) groups is 1. The van der Waals surface area contributed by atoms with Crippen molar-refractivity contribution in [2.45, 2.75) is 4.21 Å². The van der Waals surface area contributed by atoms with Gasteiger partial charge in [0, 0.05) is 18.8 Å². The summed E-state index contributed by atoms with van der Waals surface area (Å²) in [7, 11) is -0.408. The topological polar surface area (TPSA) is 89.7 Å². The van der Waals surface area contributed by atoms with Crippen molar-refractivity contribution >= 4 is 37.4 Å². The molecule has 1 aromatic heterocycles. The fourth-order valence-electron chi connectivity index (χ4n) is 1.50. The van der Waals surface area contributed by atoms with Gasteiger partial charge in [-0.1, -0.05) is 0 Å². The number of rotatable bonds is 4. The molecule has 0 saturated heterocycles. The molecule has 1 heterocycles. The number of benzene rings is 1. The van der Waals surface area contributed by atoms with E-state index < -0.39 is 10.0 Å². The summed E-state index contributed by atoms with van der Waals surface area (Å²) < 4.78 is 28.8. The Morgan fingerprint density at radius 1 is 1.35 bits per heavy atom. The van der Waals surface area contributed by atoms with Gasteiger partial charge in [-0.25, -0.2) is 13.6 Å². The van der Waals surface area contributed by atoms with E-state index in [0.29, 0.717) is 11.1 Å². The van der Waals surface area contributed by atoms with E-state index in [-0.39, 0.29) is 16.7 Å². The van der Waals surface area contributed by atoms with Crippen LogP contribution in [-0.2, 0) is 14.8 Å². The number of fused-ring (bicyclic) bond motifs is 1. The maximum absolute atomic E-state index is 11.4. The summed E-state index contributed by atoms with van der Waals surface area (Å²) in [4.78, 5) is 12.9. The summed E-state index contributed by atoms with van der Waals surface area (Å²) in [5.74, 6) is 0.354. The second-order valence-electron chi connectivity index (χ2n) is 4.39. The van der Waals surface area contributed by atoms with E-state index in [1.807, 2.05) is 0 Å². The number of amides is 1. The lowest BCUT2D eigenvalue weighted by molar-refractivity contribution is -0.130. The smallest absolute Gasteiger partial charge is 0.259 e. The molecular weight excluding hydrogens is 300 g/mol. The largest absolute Gasteiger partial charge is 0.484 e. The number of ether oxygens (including phenoxy) is 1. The molecule has 0 spiro atoms. The first-order valence-corrected chi connectivity index (χ1v) is 8.03. The van der Waals surface area contributed by atoms with Crippen LogP contribution in [0.1, 0.15) is 0 Å². The van der Waals surface area contributed by atoms with Gasteiger partial charge in [0.25, 0.3) is 5.91 Å². The summed E-state index contributed by atoms with van der Waals surface area (Å²) in [6, 6.07) is 6.61. The second kappa shape index (κ2) is 5.39. The van der Waals surface area contributed by atoms with Crippen molar-refractivity contribution in [3.05, 3.63) is 24.3 Å². The van der Waals surface area contributed by atoms with E-state index in [4.69, 9.17) is 9.88 Å². The number of hydrogen-bond acceptors (Lipinski definition) is 5. The molecule has 6 nitrogen and oxygen atoms in total. The summed E-state index contributed by atoms with van der Waals surface area (Å²) in [5, 5.41) is 5.81. The number of thiophene rings is 1. The van der Waals surface area contributed by atoms with Gasteiger partial charge in [-0.2, -0.15) is 0 Å². The van der Waals surface area contributed by atoms with Gasteiger partial charge in [-0.15, -0.1) is 11.3 Å². The molecule has 0 atom stereocenters. The Morgan fingerprint density at radius 3 is 2.65 bits per heavy atom. The van der Waals surface area contributed by atoms with Crippen LogP contribution in [0.2, 0.25) is 0 Å². The van der Waals surface area contributed by atoms with Crippen molar-refractivity contribution in [1.82, 2.24) is 4.90 Å². The van der Waals surface area contributed by atoms with Crippen molar-refractivity contribution < 1.29 is 17.9 Å². The lowest BCUT2D eigenvalue weighted by atomic mass is 10.2. The minimum Gasteiger partial charge on any atom is -0.484 e. The predicted molar refractivity (Wildman–Crippen MR) is 77.4 cm³/mol. The summed E-state index contributed by atoms with van der Waals surface area (Å²) >= 11 is 1.10. The molecule has 2 N–H and O–H groups in total. The molecule has 0 radical (unpaired) electrons. The zero-order valence-corrected chi connectivity index (χ0v) is 12.6. The van der Waals surface area contributed by atoms with Gasteiger partial charge in [-0.3, -0.25) is 4.79 Å². The molecular formula is C12H14N2O4S2. The van der Waals surface area contributed by atoms with E-state index >= 15 is 0 Å². The van der Waals surface area contributed by atoms with Crippen molar-refractivity contribution in [1.29, 1.82) is 0 Å². The van der Waals surface area contributed by atoms with Gasteiger partial charge >= 0.3 is 0 Å². The summed E-state index contributed by atoms with van der Waals surface area (Å²) in [6.45, 7) is -0.0648. The summed E-state index contributed by atoms with van der Waals surface area (Å²) in [6.07, 6.45) is 0. The van der Waals surface area contributed by atoms with E-state index in [9.17, 15) is 13.2 Å². The fraction of sp³-hybridized carbons (Fsp3) is 0.250. The average Bonchev–Trinajstić information content (AvgIpc) is 2.78. The minimum atomic E-state index is -3.70. The minimum absolute atomic E-state index is 0.0648. The van der Waals surface area contributed by atoms with Gasteiger partial charge in [0.1, 0.15) is 9.96 Å². The highest BCUT2D eigenvalue weighted by Gasteiger charge is 2.13. The van der Waals surface area contributed by atoms with Crippen LogP contribution in [0.25, 0.3) is 10.1 Å². The Hall–Kier alpha value is -1.64. The molecule has 1 amide bonds. The van der Waals surface area contributed by atoms with Crippen LogP contribution >= 0.6 is 11.3 Å². The molecule has 0 bridgehead atoms. The van der Waals surface area contributed by atoms with Crippen LogP contribution in [0.15, 0.2) is 28.5 Å². The van der Waals surface area contributed by atoms with Crippen LogP contribution in [-0.4, -0.2) is 39.9 Å². The number of carbonyl (C=O) groups excluding carboxylic acids is 1. The molecule has 108 valence electrons. The van der Waals surface area contributed by atoms with Gasteiger partial charge in [-0.05, 0) is 29.7 Å². The van der Waals surface area contributed by atoms with E-state index in [2.05, 4.69) is 0 Å². The van der Waals surface area contributed by atoms with Crippen molar-refractivity contribution in [3.8, 4) is 5.75 Å². The molecule has 8 heteroatoms. The van der Waals surface area contributed by atoms with Crippen LogP contribution in [0.3, 0.4) is 0 Å². The zero-order chi connectivity index (χ0) is 14.9. The number of likely N-dealkylation sites (N-methyl/N-ethyl adjacent to an activating group) is 1. The highest BCUT2D eigenvalue weighted by atomic mass is 32.2. The third kappa shape index (κ3) is 3.27. The monoisotopic (exact) mass is 314 g/mol. The quantitative estimate of drug-likeness (QED) is 0.912. The normalized spacial score (nSPS) is 11.6. The Bertz CT molecular complexity index is 750. The van der Waals surface area contributed by atoms with Gasteiger partial charge in [0.05, 0.1) is 0 Å². The van der Waals surface area contributed by atoms with Crippen LogP contribution in [0, 0.1) is 0 Å². The van der Waals surface area contributed by atoms with Gasteiger partial charge in [0.2, 0.25) is 10.0 Å². The fourth-order valence-corrected chi connectivity index (χ4v) is 3.30. The van der Waals surface area contributed by atoms with Gasteiger partial charge in [0.15, 0.2) is 6.61 Å². The van der Waals surface area contributed by atoms with E-state index in [1.165, 1.54) is 11.0 Å². The first-order valence-electron chi connectivity index (χ1n) is 5.67. The first-order chi connectivity index (χ1) is 9.27. The maximum atomic E-state index is 11.4. The molecule has 0 aliphatic heterocycles. The van der Waals surface area contributed by atoms with Crippen molar-refractivity contribution in [2.75, 3.05) is 20.7 Å². The second-order valence-corrected chi connectivity index (χ2v) is 7.26. The third-order valence-electron chi connectivity index (χ3n) is 2.61.